The fourth-order valence-electron chi connectivity index (χ4n) is 4.59. The molecule has 148 valence electrons. The molecule has 1 aliphatic carbocycles. The molecule has 0 atom stereocenters. The fraction of sp³-hybridized carbons (Fsp3) is 0.476. The van der Waals surface area contributed by atoms with Gasteiger partial charge in [-0.3, -0.25) is 4.79 Å². The number of aliphatic hydroxyl groups excluding tert-OH is 1. The molecule has 7 heteroatoms. The van der Waals surface area contributed by atoms with Gasteiger partial charge in [0.25, 0.3) is 0 Å². The van der Waals surface area contributed by atoms with E-state index in [1.54, 1.807) is 6.92 Å². The number of carbonyl (C=O) groups excluding carboxylic acids is 1. The number of amides is 1. The quantitative estimate of drug-likeness (QED) is 0.630. The number of nitrogens with one attached hydrogen (secondary N) is 1. The van der Waals surface area contributed by atoms with Crippen LogP contribution in [0.5, 0.6) is 0 Å². The summed E-state index contributed by atoms with van der Waals surface area (Å²) >= 11 is 0. The van der Waals surface area contributed by atoms with Gasteiger partial charge in [-0.25, -0.2) is 9.97 Å². The molecule has 0 bridgehead atoms. The van der Waals surface area contributed by atoms with E-state index >= 15 is 0 Å². The van der Waals surface area contributed by atoms with Crippen molar-refractivity contribution in [1.82, 2.24) is 19.9 Å². The van der Waals surface area contributed by atoms with Crippen molar-refractivity contribution in [2.75, 3.05) is 12.3 Å². The van der Waals surface area contributed by atoms with E-state index < -0.39 is 0 Å². The van der Waals surface area contributed by atoms with Crippen LogP contribution in [0.25, 0.3) is 21.9 Å². The van der Waals surface area contributed by atoms with Crippen LogP contribution in [0.3, 0.4) is 0 Å². The number of aliphatic hydroxyl groups is 1. The van der Waals surface area contributed by atoms with Crippen LogP contribution in [0, 0.1) is 0 Å². The number of nitrogen functional groups attached to an aromatic ring is 1. The van der Waals surface area contributed by atoms with Crippen molar-refractivity contribution in [3.8, 4) is 0 Å². The molecule has 28 heavy (non-hydrogen) atoms. The summed E-state index contributed by atoms with van der Waals surface area (Å²) in [5.41, 5.74) is 8.34. The lowest BCUT2D eigenvalue weighted by Crippen LogP contribution is -2.52. The maximum Gasteiger partial charge on any atom is 0.217 e. The van der Waals surface area contributed by atoms with Crippen molar-refractivity contribution < 1.29 is 9.90 Å². The molecule has 0 saturated heterocycles. The number of aromatic nitrogens is 3. The Hall–Kier alpha value is -2.67. The van der Waals surface area contributed by atoms with Gasteiger partial charge >= 0.3 is 0 Å². The van der Waals surface area contributed by atoms with Crippen molar-refractivity contribution in [2.45, 2.75) is 57.5 Å². The van der Waals surface area contributed by atoms with Crippen LogP contribution < -0.4 is 11.1 Å². The van der Waals surface area contributed by atoms with Crippen molar-refractivity contribution in [2.24, 2.45) is 0 Å². The zero-order chi connectivity index (χ0) is 19.7. The minimum atomic E-state index is -0.305. The number of nitrogens with zero attached hydrogens (tertiary/aromatic N) is 3. The Bertz CT molecular complexity index is 1020. The zero-order valence-corrected chi connectivity index (χ0v) is 16.2. The van der Waals surface area contributed by atoms with E-state index in [0.717, 1.165) is 47.9 Å². The molecule has 2 heterocycles. The molecule has 1 saturated carbocycles. The van der Waals surface area contributed by atoms with Crippen molar-refractivity contribution >= 4 is 33.7 Å². The highest BCUT2D eigenvalue weighted by molar-refractivity contribution is 6.06. The molecule has 1 aliphatic rings. The maximum absolute atomic E-state index is 12.0. The Morgan fingerprint density at radius 1 is 1.25 bits per heavy atom. The maximum atomic E-state index is 12.0. The molecule has 1 fully saturated rings. The van der Waals surface area contributed by atoms with Crippen molar-refractivity contribution in [1.29, 1.82) is 0 Å². The lowest BCUT2D eigenvalue weighted by Gasteiger charge is -2.38. The van der Waals surface area contributed by atoms with Crippen LogP contribution >= 0.6 is 0 Å². The third kappa shape index (κ3) is 3.30. The number of pyridine rings is 1. The number of benzene rings is 1. The number of imidazole rings is 1. The highest BCUT2D eigenvalue weighted by atomic mass is 16.3. The molecule has 0 aliphatic heterocycles. The number of anilines is 1. The summed E-state index contributed by atoms with van der Waals surface area (Å²) in [6, 6.07) is 7.89. The lowest BCUT2D eigenvalue weighted by atomic mass is 9.81. The summed E-state index contributed by atoms with van der Waals surface area (Å²) in [5, 5.41) is 13.8. The molecular weight excluding hydrogens is 354 g/mol. The number of para-hydroxylation sites is 1. The van der Waals surface area contributed by atoms with Crippen LogP contribution in [0.2, 0.25) is 0 Å². The van der Waals surface area contributed by atoms with Crippen LogP contribution in [0.1, 0.15) is 44.9 Å². The number of hydrogen-bond donors (Lipinski definition) is 3. The second-order valence-corrected chi connectivity index (χ2v) is 7.82. The van der Waals surface area contributed by atoms with E-state index in [1.165, 1.54) is 6.42 Å². The van der Waals surface area contributed by atoms with Gasteiger partial charge in [-0.15, -0.1) is 0 Å². The molecule has 2 aromatic heterocycles. The van der Waals surface area contributed by atoms with E-state index in [-0.39, 0.29) is 18.1 Å². The molecule has 0 spiro atoms. The minimum absolute atomic E-state index is 0.00171. The van der Waals surface area contributed by atoms with Crippen LogP contribution in [0.15, 0.2) is 24.3 Å². The number of hydrogen-bond acceptors (Lipinski definition) is 5. The van der Waals surface area contributed by atoms with Gasteiger partial charge in [0.1, 0.15) is 11.3 Å². The normalized spacial score (nSPS) is 16.5. The standard InChI is InChI=1S/C21H27N5O2/c1-14(28)25-21(10-5-2-6-11-21)13-26-17(9-12-27)24-18-19(26)15-7-3-4-8-16(15)23-20(18)22/h3-4,7-8,27H,2,5-6,9-13H2,1H3,(H2,22,23)(H,25,28). The third-order valence-corrected chi connectivity index (χ3v) is 5.74. The second-order valence-electron chi connectivity index (χ2n) is 7.82. The minimum Gasteiger partial charge on any atom is -0.396 e. The monoisotopic (exact) mass is 381 g/mol. The van der Waals surface area contributed by atoms with Gasteiger partial charge < -0.3 is 20.7 Å². The number of nitrogens with two attached hydrogens (primary N) is 1. The molecule has 4 rings (SSSR count). The Morgan fingerprint density at radius 2 is 2.00 bits per heavy atom. The van der Waals surface area contributed by atoms with Gasteiger partial charge in [-0.05, 0) is 18.9 Å². The molecule has 0 unspecified atom stereocenters. The molecule has 3 aromatic rings. The molecule has 0 radical (unpaired) electrons. The highest BCUT2D eigenvalue weighted by Crippen LogP contribution is 2.34. The third-order valence-electron chi connectivity index (χ3n) is 5.74. The molecular formula is C21H27N5O2. The highest BCUT2D eigenvalue weighted by Gasteiger charge is 2.35. The molecule has 1 amide bonds. The Kier molecular flexibility index (Phi) is 4.93. The average Bonchev–Trinajstić information content (AvgIpc) is 3.01. The number of fused-ring (bicyclic) bond motifs is 3. The summed E-state index contributed by atoms with van der Waals surface area (Å²) < 4.78 is 2.15. The Balaban J connectivity index is 1.93. The smallest absolute Gasteiger partial charge is 0.217 e. The second kappa shape index (κ2) is 7.39. The molecule has 4 N–H and O–H groups in total. The first-order valence-corrected chi connectivity index (χ1v) is 9.96. The summed E-state index contributed by atoms with van der Waals surface area (Å²) in [5.74, 6) is 1.16. The Labute approximate surface area is 164 Å². The molecule has 7 nitrogen and oxygen atoms in total. The SMILES string of the molecule is CC(=O)NC1(Cn2c(CCO)nc3c(N)nc4ccccc4c32)CCCCC1. The first kappa shape index (κ1) is 18.7. The van der Waals surface area contributed by atoms with Crippen molar-refractivity contribution in [3.63, 3.8) is 0 Å². The number of carbonyl (C=O) groups is 1. The summed E-state index contributed by atoms with van der Waals surface area (Å²) in [6.07, 6.45) is 5.67. The predicted molar refractivity (Wildman–Crippen MR) is 110 cm³/mol. The van der Waals surface area contributed by atoms with E-state index in [1.807, 2.05) is 24.3 Å². The first-order chi connectivity index (χ1) is 13.5. The zero-order valence-electron chi connectivity index (χ0n) is 16.2. The van der Waals surface area contributed by atoms with Gasteiger partial charge in [-0.2, -0.15) is 0 Å². The van der Waals surface area contributed by atoms with Gasteiger partial charge in [0.2, 0.25) is 5.91 Å². The lowest BCUT2D eigenvalue weighted by molar-refractivity contribution is -0.121. The molecule has 1 aromatic carbocycles. The fourth-order valence-corrected chi connectivity index (χ4v) is 4.59. The predicted octanol–water partition coefficient (Wildman–Crippen LogP) is 2.54. The van der Waals surface area contributed by atoms with Crippen LogP contribution in [-0.2, 0) is 17.8 Å². The van der Waals surface area contributed by atoms with Gasteiger partial charge in [0.05, 0.1) is 23.2 Å². The van der Waals surface area contributed by atoms with E-state index in [9.17, 15) is 9.90 Å². The Morgan fingerprint density at radius 3 is 2.71 bits per heavy atom. The van der Waals surface area contributed by atoms with Gasteiger partial charge in [-0.1, -0.05) is 37.5 Å². The van der Waals surface area contributed by atoms with Crippen molar-refractivity contribution in [3.05, 3.63) is 30.1 Å². The van der Waals surface area contributed by atoms with Gasteiger partial charge in [0.15, 0.2) is 5.82 Å². The average molecular weight is 381 g/mol. The van der Waals surface area contributed by atoms with E-state index in [0.29, 0.717) is 24.3 Å². The topological polar surface area (TPSA) is 106 Å². The summed E-state index contributed by atoms with van der Waals surface area (Å²) in [6.45, 7) is 2.20. The van der Waals surface area contributed by atoms with Crippen LogP contribution in [-0.4, -0.2) is 37.7 Å². The van der Waals surface area contributed by atoms with E-state index in [2.05, 4.69) is 14.9 Å². The summed E-state index contributed by atoms with van der Waals surface area (Å²) in [4.78, 5) is 21.2. The van der Waals surface area contributed by atoms with Gasteiger partial charge in [0, 0.05) is 25.3 Å². The van der Waals surface area contributed by atoms with Crippen LogP contribution in [0.4, 0.5) is 5.82 Å². The largest absolute Gasteiger partial charge is 0.396 e. The summed E-state index contributed by atoms with van der Waals surface area (Å²) in [7, 11) is 0. The number of rotatable bonds is 5. The first-order valence-electron chi connectivity index (χ1n) is 9.96. The van der Waals surface area contributed by atoms with E-state index in [4.69, 9.17) is 10.7 Å².